The third-order valence-electron chi connectivity index (χ3n) is 2.45. The van der Waals surface area contributed by atoms with Crippen molar-refractivity contribution in [3.8, 4) is 10.6 Å². The van der Waals surface area contributed by atoms with Gasteiger partial charge in [-0.15, -0.1) is 22.7 Å². The number of benzene rings is 1. The first-order chi connectivity index (χ1) is 8.93. The van der Waals surface area contributed by atoms with Crippen LogP contribution in [0.3, 0.4) is 0 Å². The molecule has 0 fully saturated rings. The van der Waals surface area contributed by atoms with E-state index in [1.807, 2.05) is 0 Å². The van der Waals surface area contributed by atoms with Crippen molar-refractivity contribution in [1.82, 2.24) is 4.98 Å². The lowest BCUT2D eigenvalue weighted by atomic mass is 10.3. The summed E-state index contributed by atoms with van der Waals surface area (Å²) in [4.78, 5) is 4.34. The summed E-state index contributed by atoms with van der Waals surface area (Å²) in [7, 11) is -3.69. The summed E-state index contributed by atoms with van der Waals surface area (Å²) in [5.41, 5.74) is 1.36. The Morgan fingerprint density at radius 1 is 1.26 bits per heavy atom. The molecule has 0 aliphatic heterocycles. The second kappa shape index (κ2) is 4.34. The van der Waals surface area contributed by atoms with Crippen molar-refractivity contribution in [3.63, 3.8) is 0 Å². The fourth-order valence-electron chi connectivity index (χ4n) is 1.60. The van der Waals surface area contributed by atoms with Crippen LogP contribution in [0.4, 0.5) is 4.39 Å². The first-order valence-corrected chi connectivity index (χ1v) is 8.35. The Bertz CT molecular complexity index is 867. The molecular weight excluding hydrogens is 307 g/mol. The first kappa shape index (κ1) is 12.7. The molecule has 3 aromatic rings. The summed E-state index contributed by atoms with van der Waals surface area (Å²) < 4.78 is 36.3. The molecule has 0 unspecified atom stereocenters. The highest BCUT2D eigenvalue weighted by atomic mass is 32.2. The average molecular weight is 314 g/mol. The van der Waals surface area contributed by atoms with Crippen molar-refractivity contribution in [2.45, 2.75) is 4.21 Å². The summed E-state index contributed by atoms with van der Waals surface area (Å²) in [5, 5.41) is 7.38. The third-order valence-corrected chi connectivity index (χ3v) is 5.91. The molecule has 0 aliphatic rings. The van der Waals surface area contributed by atoms with Crippen molar-refractivity contribution < 1.29 is 12.8 Å². The summed E-state index contributed by atoms with van der Waals surface area (Å²) in [6.45, 7) is 0. The number of aromatic nitrogens is 1. The summed E-state index contributed by atoms with van der Waals surface area (Å²) in [5.74, 6) is -0.321. The molecule has 8 heteroatoms. The second-order valence-electron chi connectivity index (χ2n) is 3.83. The molecule has 0 radical (unpaired) electrons. The molecule has 0 bridgehead atoms. The van der Waals surface area contributed by atoms with E-state index in [1.54, 1.807) is 11.4 Å². The van der Waals surface area contributed by atoms with Gasteiger partial charge in [0, 0.05) is 10.9 Å². The lowest BCUT2D eigenvalue weighted by molar-refractivity contribution is 0.600. The molecule has 3 rings (SSSR count). The molecule has 0 amide bonds. The summed E-state index contributed by atoms with van der Waals surface area (Å²) in [6, 6.07) is 5.82. The Balaban J connectivity index is 2.11. The van der Waals surface area contributed by atoms with Gasteiger partial charge in [0.1, 0.15) is 15.0 Å². The zero-order valence-electron chi connectivity index (χ0n) is 9.33. The van der Waals surface area contributed by atoms with Crippen LogP contribution in [-0.4, -0.2) is 13.4 Å². The minimum Gasteiger partial charge on any atom is -0.236 e. The predicted molar refractivity (Wildman–Crippen MR) is 74.3 cm³/mol. The highest BCUT2D eigenvalue weighted by molar-refractivity contribution is 7.91. The molecule has 2 heterocycles. The number of primary sulfonamides is 1. The number of fused-ring (bicyclic) bond motifs is 1. The van der Waals surface area contributed by atoms with Gasteiger partial charge >= 0.3 is 0 Å². The minimum atomic E-state index is -3.69. The number of halogens is 1. The van der Waals surface area contributed by atoms with Gasteiger partial charge in [0.15, 0.2) is 0 Å². The quantitative estimate of drug-likeness (QED) is 0.790. The second-order valence-corrected chi connectivity index (χ2v) is 7.56. The number of nitrogens with two attached hydrogens (primary N) is 1. The van der Waals surface area contributed by atoms with Crippen LogP contribution in [0.25, 0.3) is 20.8 Å². The van der Waals surface area contributed by atoms with Crippen LogP contribution in [0.2, 0.25) is 0 Å². The van der Waals surface area contributed by atoms with E-state index >= 15 is 0 Å². The Morgan fingerprint density at radius 2 is 2.05 bits per heavy atom. The number of thiophene rings is 1. The van der Waals surface area contributed by atoms with Crippen molar-refractivity contribution >= 4 is 42.9 Å². The highest BCUT2D eigenvalue weighted by Crippen LogP contribution is 2.34. The maximum atomic E-state index is 13.1. The Morgan fingerprint density at radius 3 is 2.74 bits per heavy atom. The molecular formula is C11H7FN2O2S3. The van der Waals surface area contributed by atoms with Gasteiger partial charge in [-0.05, 0) is 24.3 Å². The van der Waals surface area contributed by atoms with Gasteiger partial charge in [-0.3, -0.25) is 0 Å². The number of sulfonamides is 1. The molecule has 4 nitrogen and oxygen atoms in total. The van der Waals surface area contributed by atoms with E-state index in [2.05, 4.69) is 4.98 Å². The smallest absolute Gasteiger partial charge is 0.236 e. The van der Waals surface area contributed by atoms with Gasteiger partial charge in [-0.1, -0.05) is 0 Å². The van der Waals surface area contributed by atoms with Crippen LogP contribution >= 0.6 is 22.7 Å². The van der Waals surface area contributed by atoms with Gasteiger partial charge in [-0.2, -0.15) is 0 Å². The molecule has 98 valence electrons. The van der Waals surface area contributed by atoms with Gasteiger partial charge in [0.25, 0.3) is 0 Å². The summed E-state index contributed by atoms with van der Waals surface area (Å²) >= 11 is 2.35. The van der Waals surface area contributed by atoms with E-state index in [9.17, 15) is 12.8 Å². The number of thiazole rings is 1. The zero-order valence-corrected chi connectivity index (χ0v) is 11.8. The number of nitrogens with zero attached hydrogens (tertiary/aromatic N) is 1. The molecule has 0 saturated carbocycles. The lowest BCUT2D eigenvalue weighted by Crippen LogP contribution is -2.09. The lowest BCUT2D eigenvalue weighted by Gasteiger charge is -1.89. The SMILES string of the molecule is NS(=O)(=O)c1cc(-c2nc3ccc(F)cc3s2)cs1. The molecule has 1 aromatic carbocycles. The van der Waals surface area contributed by atoms with E-state index in [-0.39, 0.29) is 10.0 Å². The maximum absolute atomic E-state index is 13.1. The largest absolute Gasteiger partial charge is 0.247 e. The first-order valence-electron chi connectivity index (χ1n) is 5.11. The van der Waals surface area contributed by atoms with Crippen LogP contribution in [-0.2, 0) is 10.0 Å². The van der Waals surface area contributed by atoms with Crippen LogP contribution in [0, 0.1) is 5.82 Å². The van der Waals surface area contributed by atoms with Gasteiger partial charge in [-0.25, -0.2) is 22.9 Å². The van der Waals surface area contributed by atoms with Crippen molar-refractivity contribution in [2.24, 2.45) is 5.14 Å². The van der Waals surface area contributed by atoms with Gasteiger partial charge in [0.2, 0.25) is 10.0 Å². The molecule has 0 atom stereocenters. The van der Waals surface area contributed by atoms with Crippen LogP contribution in [0.1, 0.15) is 0 Å². The summed E-state index contributed by atoms with van der Waals surface area (Å²) in [6.07, 6.45) is 0. The van der Waals surface area contributed by atoms with E-state index in [0.29, 0.717) is 16.1 Å². The van der Waals surface area contributed by atoms with Crippen molar-refractivity contribution in [2.75, 3.05) is 0 Å². The van der Waals surface area contributed by atoms with Gasteiger partial charge in [0.05, 0.1) is 10.2 Å². The monoisotopic (exact) mass is 314 g/mol. The third kappa shape index (κ3) is 2.39. The molecule has 0 spiro atoms. The Hall–Kier alpha value is -1.35. The molecule has 19 heavy (non-hydrogen) atoms. The normalized spacial score (nSPS) is 12.1. The highest BCUT2D eigenvalue weighted by Gasteiger charge is 2.14. The van der Waals surface area contributed by atoms with E-state index in [1.165, 1.54) is 29.5 Å². The maximum Gasteiger partial charge on any atom is 0.247 e. The average Bonchev–Trinajstić information content (AvgIpc) is 2.92. The van der Waals surface area contributed by atoms with Gasteiger partial charge < -0.3 is 0 Å². The Labute approximate surface area is 116 Å². The zero-order chi connectivity index (χ0) is 13.6. The topological polar surface area (TPSA) is 73.1 Å². The molecule has 2 aromatic heterocycles. The standard InChI is InChI=1S/C11H7FN2O2S3/c12-7-1-2-8-9(4-7)18-11(14-8)6-3-10(17-5-6)19(13,15)16/h1-5H,(H2,13,15,16). The van der Waals surface area contributed by atoms with Crippen LogP contribution in [0.15, 0.2) is 33.9 Å². The molecule has 0 saturated heterocycles. The van der Waals surface area contributed by atoms with E-state index in [4.69, 9.17) is 5.14 Å². The number of rotatable bonds is 2. The van der Waals surface area contributed by atoms with E-state index < -0.39 is 10.0 Å². The number of hydrogen-bond donors (Lipinski definition) is 1. The van der Waals surface area contributed by atoms with Crippen molar-refractivity contribution in [1.29, 1.82) is 0 Å². The fraction of sp³-hybridized carbons (Fsp3) is 0. The van der Waals surface area contributed by atoms with Crippen molar-refractivity contribution in [3.05, 3.63) is 35.5 Å². The molecule has 0 aliphatic carbocycles. The van der Waals surface area contributed by atoms with Crippen LogP contribution in [0.5, 0.6) is 0 Å². The minimum absolute atomic E-state index is 0.0907. The van der Waals surface area contributed by atoms with E-state index in [0.717, 1.165) is 16.0 Å². The predicted octanol–water partition coefficient (Wildman–Crippen LogP) is 2.81. The Kier molecular flexibility index (Phi) is 2.90. The number of hydrogen-bond acceptors (Lipinski definition) is 5. The van der Waals surface area contributed by atoms with Crippen LogP contribution < -0.4 is 5.14 Å². The molecule has 2 N–H and O–H groups in total. The fourth-order valence-corrected chi connectivity index (χ4v) is 4.24.